The number of nitrogens with two attached hydrogens (primary N) is 1. The lowest BCUT2D eigenvalue weighted by Gasteiger charge is -2.23. The first-order valence-corrected chi connectivity index (χ1v) is 6.90. The molecule has 0 aliphatic heterocycles. The summed E-state index contributed by atoms with van der Waals surface area (Å²) < 4.78 is 22.2. The fraction of sp³-hybridized carbons (Fsp3) is 0.455. The Labute approximate surface area is 96.8 Å². The molecule has 1 aromatic carbocycles. The average Bonchev–Trinajstić information content (AvgIpc) is 2.13. The van der Waals surface area contributed by atoms with Gasteiger partial charge in [-0.15, -0.1) is 0 Å². The predicted octanol–water partition coefficient (Wildman–Crippen LogP) is 1.50. The maximum atomic E-state index is 11.5. The summed E-state index contributed by atoms with van der Waals surface area (Å²) in [6, 6.07) is 7.24. The summed E-state index contributed by atoms with van der Waals surface area (Å²) in [6.45, 7) is 3.75. The van der Waals surface area contributed by atoms with Crippen LogP contribution in [-0.2, 0) is 9.84 Å². The van der Waals surface area contributed by atoms with Gasteiger partial charge in [-0.05, 0) is 32.0 Å². The minimum Gasteiger partial charge on any atom is -0.399 e. The molecule has 0 spiro atoms. The molecule has 16 heavy (non-hydrogen) atoms. The molecule has 0 aliphatic rings. The predicted molar refractivity (Wildman–Crippen MR) is 68.3 cm³/mol. The third-order valence-corrected chi connectivity index (χ3v) is 4.76. The number of sulfone groups is 1. The molecule has 90 valence electrons. The van der Waals surface area contributed by atoms with Crippen molar-refractivity contribution >= 4 is 21.2 Å². The molecule has 0 saturated heterocycles. The molecule has 0 heterocycles. The molecule has 0 radical (unpaired) electrons. The minimum atomic E-state index is -3.08. The Balaban J connectivity index is 2.72. The summed E-state index contributed by atoms with van der Waals surface area (Å²) >= 11 is 0. The second kappa shape index (κ2) is 4.33. The molecule has 1 rings (SSSR count). The van der Waals surface area contributed by atoms with Gasteiger partial charge < -0.3 is 11.1 Å². The summed E-state index contributed by atoms with van der Waals surface area (Å²) in [6.07, 6.45) is 1.24. The van der Waals surface area contributed by atoms with Crippen LogP contribution in [0.2, 0.25) is 0 Å². The van der Waals surface area contributed by atoms with Gasteiger partial charge in [0.1, 0.15) is 0 Å². The highest BCUT2D eigenvalue weighted by molar-refractivity contribution is 7.92. The Bertz CT molecular complexity index is 467. The lowest BCUT2D eigenvalue weighted by atomic mass is 10.2. The number of benzene rings is 1. The fourth-order valence-electron chi connectivity index (χ4n) is 1.09. The van der Waals surface area contributed by atoms with Crippen molar-refractivity contribution in [3.63, 3.8) is 0 Å². The highest BCUT2D eigenvalue weighted by Gasteiger charge is 2.29. The van der Waals surface area contributed by atoms with Gasteiger partial charge in [-0.25, -0.2) is 8.42 Å². The lowest BCUT2D eigenvalue weighted by Crippen LogP contribution is -2.38. The van der Waals surface area contributed by atoms with E-state index in [1.807, 2.05) is 12.1 Å². The molecule has 0 atom stereocenters. The van der Waals surface area contributed by atoms with Gasteiger partial charge in [-0.2, -0.15) is 0 Å². The molecule has 4 nitrogen and oxygen atoms in total. The maximum absolute atomic E-state index is 11.5. The van der Waals surface area contributed by atoms with Crippen LogP contribution in [0.3, 0.4) is 0 Å². The van der Waals surface area contributed by atoms with Crippen LogP contribution < -0.4 is 11.1 Å². The Morgan fingerprint density at radius 3 is 2.50 bits per heavy atom. The molecule has 0 amide bonds. The number of hydrogen-bond donors (Lipinski definition) is 2. The van der Waals surface area contributed by atoms with Crippen molar-refractivity contribution < 1.29 is 8.42 Å². The highest BCUT2D eigenvalue weighted by Crippen LogP contribution is 2.18. The van der Waals surface area contributed by atoms with Crippen LogP contribution in [0.15, 0.2) is 24.3 Å². The van der Waals surface area contributed by atoms with Gasteiger partial charge in [0.25, 0.3) is 0 Å². The average molecular weight is 242 g/mol. The molecule has 0 fully saturated rings. The van der Waals surface area contributed by atoms with E-state index in [4.69, 9.17) is 5.73 Å². The summed E-state index contributed by atoms with van der Waals surface area (Å²) in [5.41, 5.74) is 7.11. The van der Waals surface area contributed by atoms with Crippen LogP contribution >= 0.6 is 0 Å². The molecule has 0 aromatic heterocycles. The lowest BCUT2D eigenvalue weighted by molar-refractivity contribution is 0.560. The van der Waals surface area contributed by atoms with Crippen LogP contribution in [0.1, 0.15) is 13.8 Å². The molecule has 0 saturated carbocycles. The molecule has 0 aliphatic carbocycles. The largest absolute Gasteiger partial charge is 0.399 e. The van der Waals surface area contributed by atoms with E-state index in [9.17, 15) is 8.42 Å². The molecule has 1 aromatic rings. The van der Waals surface area contributed by atoms with E-state index >= 15 is 0 Å². The Hall–Kier alpha value is -1.23. The number of anilines is 2. The smallest absolute Gasteiger partial charge is 0.154 e. The Morgan fingerprint density at radius 2 is 2.00 bits per heavy atom. The molecule has 0 bridgehead atoms. The van der Waals surface area contributed by atoms with Crippen molar-refractivity contribution in [2.45, 2.75) is 18.6 Å². The van der Waals surface area contributed by atoms with Crippen LogP contribution in [0.4, 0.5) is 11.4 Å². The van der Waals surface area contributed by atoms with Gasteiger partial charge in [0.05, 0.1) is 4.75 Å². The van der Waals surface area contributed by atoms with E-state index in [0.29, 0.717) is 12.2 Å². The Kier molecular flexibility index (Phi) is 3.48. The van der Waals surface area contributed by atoms with Crippen molar-refractivity contribution in [2.75, 3.05) is 23.9 Å². The van der Waals surface area contributed by atoms with Gasteiger partial charge in [-0.3, -0.25) is 0 Å². The quantitative estimate of drug-likeness (QED) is 0.785. The third kappa shape index (κ3) is 3.13. The van der Waals surface area contributed by atoms with E-state index < -0.39 is 14.6 Å². The fourth-order valence-corrected chi connectivity index (χ4v) is 1.43. The first-order chi connectivity index (χ1) is 7.22. The summed E-state index contributed by atoms with van der Waals surface area (Å²) in [7, 11) is -3.08. The van der Waals surface area contributed by atoms with E-state index in [2.05, 4.69) is 5.32 Å². The third-order valence-electron chi connectivity index (χ3n) is 2.61. The van der Waals surface area contributed by atoms with Crippen molar-refractivity contribution in [3.05, 3.63) is 24.3 Å². The van der Waals surface area contributed by atoms with E-state index in [-0.39, 0.29) is 0 Å². The minimum absolute atomic E-state index is 0.356. The summed E-state index contributed by atoms with van der Waals surface area (Å²) in [4.78, 5) is 0. The monoisotopic (exact) mass is 242 g/mol. The van der Waals surface area contributed by atoms with Crippen LogP contribution in [-0.4, -0.2) is 26.0 Å². The zero-order valence-corrected chi connectivity index (χ0v) is 10.6. The second-order valence-electron chi connectivity index (χ2n) is 4.51. The van der Waals surface area contributed by atoms with Crippen LogP contribution in [0.25, 0.3) is 0 Å². The van der Waals surface area contributed by atoms with Crippen molar-refractivity contribution in [2.24, 2.45) is 0 Å². The van der Waals surface area contributed by atoms with E-state index in [0.717, 1.165) is 5.69 Å². The molecule has 0 unspecified atom stereocenters. The first kappa shape index (κ1) is 12.8. The van der Waals surface area contributed by atoms with E-state index in [1.165, 1.54) is 6.26 Å². The van der Waals surface area contributed by atoms with Gasteiger partial charge in [0, 0.05) is 24.2 Å². The van der Waals surface area contributed by atoms with Gasteiger partial charge >= 0.3 is 0 Å². The topological polar surface area (TPSA) is 72.2 Å². The number of rotatable bonds is 4. The summed E-state index contributed by atoms with van der Waals surface area (Å²) in [5.74, 6) is 0. The van der Waals surface area contributed by atoms with Crippen LogP contribution in [0, 0.1) is 0 Å². The molecular formula is C11H18N2O2S. The molecule has 5 heteroatoms. The molecular weight excluding hydrogens is 224 g/mol. The van der Waals surface area contributed by atoms with Gasteiger partial charge in [0.2, 0.25) is 0 Å². The van der Waals surface area contributed by atoms with Crippen molar-refractivity contribution in [1.82, 2.24) is 0 Å². The van der Waals surface area contributed by atoms with Gasteiger partial charge in [-0.1, -0.05) is 6.07 Å². The number of hydrogen-bond acceptors (Lipinski definition) is 4. The zero-order valence-electron chi connectivity index (χ0n) is 9.82. The van der Waals surface area contributed by atoms with Crippen molar-refractivity contribution in [1.29, 1.82) is 0 Å². The van der Waals surface area contributed by atoms with Crippen LogP contribution in [0.5, 0.6) is 0 Å². The van der Waals surface area contributed by atoms with Gasteiger partial charge in [0.15, 0.2) is 9.84 Å². The highest BCUT2D eigenvalue weighted by atomic mass is 32.2. The maximum Gasteiger partial charge on any atom is 0.154 e. The van der Waals surface area contributed by atoms with E-state index in [1.54, 1.807) is 26.0 Å². The number of nitrogen functional groups attached to an aromatic ring is 1. The number of nitrogens with one attached hydrogen (secondary N) is 1. The SMILES string of the molecule is CC(C)(CNc1cccc(N)c1)S(C)(=O)=O. The first-order valence-electron chi connectivity index (χ1n) is 5.01. The standard InChI is InChI=1S/C11H18N2O2S/c1-11(2,16(3,14)15)8-13-10-6-4-5-9(12)7-10/h4-7,13H,8,12H2,1-3H3. The summed E-state index contributed by atoms with van der Waals surface area (Å²) in [5, 5.41) is 3.07. The zero-order chi connectivity index (χ0) is 12.4. The second-order valence-corrected chi connectivity index (χ2v) is 7.16. The normalized spacial score (nSPS) is 12.4. The Morgan fingerprint density at radius 1 is 1.38 bits per heavy atom. The molecule has 3 N–H and O–H groups in total. The van der Waals surface area contributed by atoms with Crippen molar-refractivity contribution in [3.8, 4) is 0 Å².